The lowest BCUT2D eigenvalue weighted by atomic mass is 10.1. The van der Waals surface area contributed by atoms with E-state index in [0.29, 0.717) is 12.8 Å². The number of nitrogens with one attached hydrogen (secondary N) is 1. The first-order valence-corrected chi connectivity index (χ1v) is 6.46. The molecule has 22 heavy (non-hydrogen) atoms. The SMILES string of the molecule is C#CCCC[C@H](NC(=O)c1cccc(C(F)(F)F)c1)C(N)=O. The number of nitrogens with two attached hydrogens (primary N) is 1. The minimum absolute atomic E-state index is 0.196. The third-order valence-electron chi connectivity index (χ3n) is 2.91. The molecule has 0 unspecified atom stereocenters. The van der Waals surface area contributed by atoms with Crippen LogP contribution < -0.4 is 11.1 Å². The Bertz CT molecular complexity index is 591. The summed E-state index contributed by atoms with van der Waals surface area (Å²) in [6.07, 6.45) is 1.63. The summed E-state index contributed by atoms with van der Waals surface area (Å²) in [4.78, 5) is 23.2. The maximum absolute atomic E-state index is 12.6. The summed E-state index contributed by atoms with van der Waals surface area (Å²) in [6.45, 7) is 0. The van der Waals surface area contributed by atoms with E-state index in [1.807, 2.05) is 0 Å². The van der Waals surface area contributed by atoms with Crippen LogP contribution in [0.25, 0.3) is 0 Å². The van der Waals surface area contributed by atoms with Crippen molar-refractivity contribution in [3.05, 3.63) is 35.4 Å². The molecule has 0 aliphatic rings. The number of alkyl halides is 3. The number of hydrogen-bond donors (Lipinski definition) is 2. The molecule has 2 amide bonds. The molecule has 0 radical (unpaired) electrons. The van der Waals surface area contributed by atoms with Gasteiger partial charge in [0, 0.05) is 12.0 Å². The van der Waals surface area contributed by atoms with Crippen molar-refractivity contribution in [2.75, 3.05) is 0 Å². The van der Waals surface area contributed by atoms with E-state index in [4.69, 9.17) is 12.2 Å². The Kier molecular flexibility index (Phi) is 5.99. The number of unbranched alkanes of at least 4 members (excludes halogenated alkanes) is 1. The predicted octanol–water partition coefficient (Wildman–Crippen LogP) is 2.09. The van der Waals surface area contributed by atoms with E-state index >= 15 is 0 Å². The molecule has 7 heteroatoms. The lowest BCUT2D eigenvalue weighted by Crippen LogP contribution is -2.44. The minimum Gasteiger partial charge on any atom is -0.368 e. The second kappa shape index (κ2) is 7.50. The number of terminal acetylenes is 1. The molecular weight excluding hydrogens is 297 g/mol. The Morgan fingerprint density at radius 2 is 2.05 bits per heavy atom. The van der Waals surface area contributed by atoms with Crippen LogP contribution in [0.1, 0.15) is 35.2 Å². The summed E-state index contributed by atoms with van der Waals surface area (Å²) in [5.41, 5.74) is 4.02. The number of halogens is 3. The number of rotatable bonds is 6. The summed E-state index contributed by atoms with van der Waals surface area (Å²) >= 11 is 0. The van der Waals surface area contributed by atoms with Crippen molar-refractivity contribution >= 4 is 11.8 Å². The molecule has 1 aromatic rings. The molecular formula is C15H15F3N2O2. The van der Waals surface area contributed by atoms with Gasteiger partial charge in [-0.15, -0.1) is 12.3 Å². The number of amides is 2. The maximum Gasteiger partial charge on any atom is 0.416 e. The van der Waals surface area contributed by atoms with E-state index in [-0.39, 0.29) is 12.0 Å². The fraction of sp³-hybridized carbons (Fsp3) is 0.333. The Hall–Kier alpha value is -2.49. The summed E-state index contributed by atoms with van der Waals surface area (Å²) in [6, 6.07) is 2.94. The van der Waals surface area contributed by atoms with Crippen LogP contribution in [-0.4, -0.2) is 17.9 Å². The quantitative estimate of drug-likeness (QED) is 0.623. The van der Waals surface area contributed by atoms with Gasteiger partial charge in [-0.25, -0.2) is 0 Å². The highest BCUT2D eigenvalue weighted by atomic mass is 19.4. The highest BCUT2D eigenvalue weighted by Gasteiger charge is 2.31. The number of carbonyl (C=O) groups is 2. The minimum atomic E-state index is -4.55. The zero-order chi connectivity index (χ0) is 16.8. The molecule has 1 atom stereocenters. The van der Waals surface area contributed by atoms with Crippen molar-refractivity contribution in [3.63, 3.8) is 0 Å². The molecule has 1 aromatic carbocycles. The average molecular weight is 312 g/mol. The maximum atomic E-state index is 12.6. The van der Waals surface area contributed by atoms with E-state index in [9.17, 15) is 22.8 Å². The third kappa shape index (κ3) is 5.13. The van der Waals surface area contributed by atoms with Gasteiger partial charge in [-0.2, -0.15) is 13.2 Å². The normalized spacial score (nSPS) is 12.3. The number of benzene rings is 1. The van der Waals surface area contributed by atoms with Gasteiger partial charge in [0.2, 0.25) is 5.91 Å². The fourth-order valence-electron chi connectivity index (χ4n) is 1.77. The zero-order valence-electron chi connectivity index (χ0n) is 11.6. The lowest BCUT2D eigenvalue weighted by molar-refractivity contribution is -0.137. The van der Waals surface area contributed by atoms with Crippen LogP contribution in [0.4, 0.5) is 13.2 Å². The number of hydrogen-bond acceptors (Lipinski definition) is 2. The van der Waals surface area contributed by atoms with Gasteiger partial charge in [0.25, 0.3) is 5.91 Å². The van der Waals surface area contributed by atoms with Crippen LogP contribution in [0, 0.1) is 12.3 Å². The molecule has 0 aliphatic carbocycles. The predicted molar refractivity (Wildman–Crippen MR) is 74.6 cm³/mol. The van der Waals surface area contributed by atoms with E-state index in [1.54, 1.807) is 0 Å². The second-order valence-corrected chi connectivity index (χ2v) is 4.60. The molecule has 3 N–H and O–H groups in total. The molecule has 0 saturated carbocycles. The summed E-state index contributed by atoms with van der Waals surface area (Å²) in [7, 11) is 0. The van der Waals surface area contributed by atoms with Crippen LogP contribution in [0.15, 0.2) is 24.3 Å². The fourth-order valence-corrected chi connectivity index (χ4v) is 1.77. The van der Waals surface area contributed by atoms with Crippen molar-refractivity contribution in [3.8, 4) is 12.3 Å². The molecule has 0 fully saturated rings. The molecule has 1 rings (SSSR count). The largest absolute Gasteiger partial charge is 0.416 e. The van der Waals surface area contributed by atoms with Gasteiger partial charge in [0.15, 0.2) is 0 Å². The van der Waals surface area contributed by atoms with E-state index in [0.717, 1.165) is 18.2 Å². The van der Waals surface area contributed by atoms with Gasteiger partial charge >= 0.3 is 6.18 Å². The molecule has 118 valence electrons. The zero-order valence-corrected chi connectivity index (χ0v) is 11.6. The van der Waals surface area contributed by atoms with Crippen LogP contribution in [0.5, 0.6) is 0 Å². The van der Waals surface area contributed by atoms with Crippen molar-refractivity contribution < 1.29 is 22.8 Å². The number of carbonyl (C=O) groups excluding carboxylic acids is 2. The van der Waals surface area contributed by atoms with Crippen molar-refractivity contribution in [1.29, 1.82) is 0 Å². The highest BCUT2D eigenvalue weighted by molar-refractivity contribution is 5.97. The monoisotopic (exact) mass is 312 g/mol. The highest BCUT2D eigenvalue weighted by Crippen LogP contribution is 2.29. The Labute approximate surface area is 125 Å². The van der Waals surface area contributed by atoms with Crippen LogP contribution in [0.3, 0.4) is 0 Å². The van der Waals surface area contributed by atoms with Crippen LogP contribution >= 0.6 is 0 Å². The summed E-state index contributed by atoms with van der Waals surface area (Å²) < 4.78 is 37.8. The molecule has 0 heterocycles. The molecule has 0 aliphatic heterocycles. The average Bonchev–Trinajstić information content (AvgIpc) is 2.45. The first-order valence-electron chi connectivity index (χ1n) is 6.46. The summed E-state index contributed by atoms with van der Waals surface area (Å²) in [5, 5.41) is 2.32. The first kappa shape index (κ1) is 17.6. The lowest BCUT2D eigenvalue weighted by Gasteiger charge is -2.15. The molecule has 0 saturated heterocycles. The number of primary amides is 1. The van der Waals surface area contributed by atoms with Crippen molar-refractivity contribution in [2.24, 2.45) is 5.73 Å². The molecule has 0 spiro atoms. The Morgan fingerprint density at radius 1 is 1.36 bits per heavy atom. The van der Waals surface area contributed by atoms with Gasteiger partial charge in [0.1, 0.15) is 6.04 Å². The molecule has 0 aromatic heterocycles. The van der Waals surface area contributed by atoms with Gasteiger partial charge < -0.3 is 11.1 Å². The first-order chi connectivity index (χ1) is 10.3. The van der Waals surface area contributed by atoms with Crippen molar-refractivity contribution in [2.45, 2.75) is 31.5 Å². The van der Waals surface area contributed by atoms with Crippen LogP contribution in [0.2, 0.25) is 0 Å². The van der Waals surface area contributed by atoms with Gasteiger partial charge in [-0.3, -0.25) is 9.59 Å². The second-order valence-electron chi connectivity index (χ2n) is 4.60. The van der Waals surface area contributed by atoms with Gasteiger partial charge in [0.05, 0.1) is 5.56 Å². The Balaban J connectivity index is 2.82. The van der Waals surface area contributed by atoms with E-state index in [2.05, 4.69) is 11.2 Å². The Morgan fingerprint density at radius 3 is 2.59 bits per heavy atom. The summed E-state index contributed by atoms with van der Waals surface area (Å²) in [5.74, 6) is 0.819. The molecule has 0 bridgehead atoms. The van der Waals surface area contributed by atoms with E-state index in [1.165, 1.54) is 6.07 Å². The smallest absolute Gasteiger partial charge is 0.368 e. The topological polar surface area (TPSA) is 72.2 Å². The molecule has 4 nitrogen and oxygen atoms in total. The van der Waals surface area contributed by atoms with Crippen LogP contribution in [-0.2, 0) is 11.0 Å². The third-order valence-corrected chi connectivity index (χ3v) is 2.91. The van der Waals surface area contributed by atoms with Crippen molar-refractivity contribution in [1.82, 2.24) is 5.32 Å². The van der Waals surface area contributed by atoms with Gasteiger partial charge in [-0.1, -0.05) is 6.07 Å². The standard InChI is InChI=1S/C15H15F3N2O2/c1-2-3-4-8-12(13(19)21)20-14(22)10-6-5-7-11(9-10)15(16,17)18/h1,5-7,9,12H,3-4,8H2,(H2,19,21)(H,20,22)/t12-/m0/s1. The van der Waals surface area contributed by atoms with Gasteiger partial charge in [-0.05, 0) is 31.0 Å². The van der Waals surface area contributed by atoms with E-state index < -0.39 is 29.6 Å².